The number of halogens is 1. The number of hydrogen-bond donors (Lipinski definition) is 0. The lowest BCUT2D eigenvalue weighted by molar-refractivity contribution is -0.577. The fourth-order valence-electron chi connectivity index (χ4n) is 4.04. The van der Waals surface area contributed by atoms with Crippen LogP contribution in [0.4, 0.5) is 4.39 Å². The second kappa shape index (κ2) is 8.03. The average Bonchev–Trinajstić information content (AvgIpc) is 3.15. The topological polar surface area (TPSA) is 82.1 Å². The second-order valence-corrected chi connectivity index (χ2v) is 7.94. The van der Waals surface area contributed by atoms with E-state index in [9.17, 15) is 19.1 Å². The Bertz CT molecular complexity index is 1250. The van der Waals surface area contributed by atoms with E-state index in [0.29, 0.717) is 17.8 Å². The molecule has 1 aliphatic heterocycles. The van der Waals surface area contributed by atoms with E-state index < -0.39 is 23.5 Å². The van der Waals surface area contributed by atoms with Gasteiger partial charge in [-0.25, -0.2) is 9.07 Å². The van der Waals surface area contributed by atoms with Crippen LogP contribution in [0, 0.1) is 26.6 Å². The number of aryl methyl sites for hydroxylation is 3. The highest BCUT2D eigenvalue weighted by Crippen LogP contribution is 2.36. The van der Waals surface area contributed by atoms with Crippen molar-refractivity contribution in [2.75, 3.05) is 6.54 Å². The Kier molecular flexibility index (Phi) is 5.38. The third kappa shape index (κ3) is 3.47. The number of rotatable bonds is 5. The molecule has 0 aliphatic carbocycles. The standard InChI is InChI=1S/C24H23FN4O3/c1-5-10-28-22(30)20(21(24(28)32)27-12-14(2)11-15(3)13-27)19-16(4)26-29(23(19)31)18-8-6-17(25)7-9-18/h6-9,11-13H,5,10H2,1-4H3. The first-order chi connectivity index (χ1) is 15.2. The fraction of sp³-hybridized carbons (Fsp3) is 0.250. The van der Waals surface area contributed by atoms with Crippen LogP contribution in [0.15, 0.2) is 42.7 Å². The van der Waals surface area contributed by atoms with Crippen molar-refractivity contribution in [1.82, 2.24) is 14.7 Å². The lowest BCUT2D eigenvalue weighted by Gasteiger charge is -2.14. The van der Waals surface area contributed by atoms with E-state index in [1.165, 1.54) is 29.2 Å². The molecule has 164 valence electrons. The van der Waals surface area contributed by atoms with Crippen molar-refractivity contribution in [2.45, 2.75) is 34.1 Å². The Labute approximate surface area is 185 Å². The quantitative estimate of drug-likeness (QED) is 0.456. The number of carbonyl (C=O) groups excluding carboxylic acids is 2. The van der Waals surface area contributed by atoms with Crippen molar-refractivity contribution in [3.63, 3.8) is 0 Å². The molecular weight excluding hydrogens is 411 g/mol. The van der Waals surface area contributed by atoms with Crippen LogP contribution < -0.4 is 9.67 Å². The van der Waals surface area contributed by atoms with Crippen molar-refractivity contribution in [3.8, 4) is 11.6 Å². The van der Waals surface area contributed by atoms with E-state index in [2.05, 4.69) is 5.10 Å². The fourth-order valence-corrected chi connectivity index (χ4v) is 4.04. The van der Waals surface area contributed by atoms with Gasteiger partial charge in [0.25, 0.3) is 11.6 Å². The van der Waals surface area contributed by atoms with E-state index in [1.807, 2.05) is 26.8 Å². The molecule has 1 aliphatic rings. The molecule has 2 amide bonds. The molecule has 3 heterocycles. The Morgan fingerprint density at radius 3 is 2.25 bits per heavy atom. The minimum atomic E-state index is -0.536. The first kappa shape index (κ1) is 21.4. The van der Waals surface area contributed by atoms with Gasteiger partial charge < -0.3 is 5.11 Å². The average molecular weight is 434 g/mol. The molecule has 2 aromatic heterocycles. The van der Waals surface area contributed by atoms with E-state index in [4.69, 9.17) is 0 Å². The van der Waals surface area contributed by atoms with Crippen LogP contribution >= 0.6 is 0 Å². The van der Waals surface area contributed by atoms with Crippen LogP contribution in [0.1, 0.15) is 35.7 Å². The molecule has 8 heteroatoms. The molecular formula is C24H23FN4O3. The second-order valence-electron chi connectivity index (χ2n) is 7.94. The van der Waals surface area contributed by atoms with Crippen molar-refractivity contribution in [1.29, 1.82) is 0 Å². The first-order valence-corrected chi connectivity index (χ1v) is 10.4. The molecule has 0 saturated heterocycles. The number of hydrogen-bond acceptors (Lipinski definition) is 4. The number of pyridine rings is 1. The number of aromatic nitrogens is 3. The summed E-state index contributed by atoms with van der Waals surface area (Å²) in [5, 5.41) is 17.7. The zero-order valence-corrected chi connectivity index (χ0v) is 18.3. The number of benzene rings is 1. The molecule has 0 fully saturated rings. The van der Waals surface area contributed by atoms with Gasteiger partial charge in [0.15, 0.2) is 12.4 Å². The highest BCUT2D eigenvalue weighted by Gasteiger charge is 2.46. The molecule has 0 saturated carbocycles. The smallest absolute Gasteiger partial charge is 0.326 e. The monoisotopic (exact) mass is 434 g/mol. The van der Waals surface area contributed by atoms with Crippen molar-refractivity contribution in [3.05, 3.63) is 70.9 Å². The van der Waals surface area contributed by atoms with Crippen molar-refractivity contribution < 1.29 is 23.7 Å². The minimum Gasteiger partial charge on any atom is -0.858 e. The Morgan fingerprint density at radius 2 is 1.66 bits per heavy atom. The number of imide groups is 1. The van der Waals surface area contributed by atoms with E-state index >= 15 is 0 Å². The molecule has 0 N–H and O–H groups in total. The van der Waals surface area contributed by atoms with E-state index in [0.717, 1.165) is 15.8 Å². The first-order valence-electron chi connectivity index (χ1n) is 10.4. The molecule has 1 aromatic carbocycles. The van der Waals surface area contributed by atoms with Gasteiger partial charge in [0.1, 0.15) is 11.4 Å². The van der Waals surface area contributed by atoms with Gasteiger partial charge in [-0.15, -0.1) is 0 Å². The Balaban J connectivity index is 1.97. The molecule has 4 rings (SSSR count). The summed E-state index contributed by atoms with van der Waals surface area (Å²) < 4.78 is 16.1. The van der Waals surface area contributed by atoms with Crippen LogP contribution in [0.2, 0.25) is 0 Å². The van der Waals surface area contributed by atoms with Gasteiger partial charge in [-0.05, 0) is 63.4 Å². The van der Waals surface area contributed by atoms with Crippen LogP contribution in [-0.2, 0) is 9.59 Å². The molecule has 0 atom stereocenters. The van der Waals surface area contributed by atoms with Gasteiger partial charge in [0.2, 0.25) is 0 Å². The molecule has 7 nitrogen and oxygen atoms in total. The summed E-state index contributed by atoms with van der Waals surface area (Å²) in [6, 6.07) is 7.29. The van der Waals surface area contributed by atoms with Gasteiger partial charge in [0, 0.05) is 23.2 Å². The highest BCUT2D eigenvalue weighted by atomic mass is 19.1. The SMILES string of the molecule is CCCN1C(=O)C(c2c(C)nn(-c3ccc(F)cc3)c2[O-])=C([n+]2cc(C)cc(C)c2)C1=O. The predicted octanol–water partition coefficient (Wildman–Crippen LogP) is 2.44. The predicted molar refractivity (Wildman–Crippen MR) is 114 cm³/mol. The van der Waals surface area contributed by atoms with Crippen LogP contribution in [-0.4, -0.2) is 33.0 Å². The van der Waals surface area contributed by atoms with E-state index in [1.54, 1.807) is 23.9 Å². The zero-order valence-electron chi connectivity index (χ0n) is 18.3. The van der Waals surface area contributed by atoms with Crippen molar-refractivity contribution in [2.24, 2.45) is 0 Å². The lowest BCUT2D eigenvalue weighted by atomic mass is 10.0. The highest BCUT2D eigenvalue weighted by molar-refractivity contribution is 6.44. The largest absolute Gasteiger partial charge is 0.858 e. The summed E-state index contributed by atoms with van der Waals surface area (Å²) in [6.45, 7) is 7.53. The molecule has 0 unspecified atom stereocenters. The molecule has 32 heavy (non-hydrogen) atoms. The summed E-state index contributed by atoms with van der Waals surface area (Å²) in [5.41, 5.74) is 2.75. The van der Waals surface area contributed by atoms with Gasteiger partial charge in [-0.2, -0.15) is 9.67 Å². The Hall–Kier alpha value is -3.81. The minimum absolute atomic E-state index is 0.0364. The maximum Gasteiger partial charge on any atom is 0.326 e. The van der Waals surface area contributed by atoms with Gasteiger partial charge in [0.05, 0.1) is 11.4 Å². The summed E-state index contributed by atoms with van der Waals surface area (Å²) in [5.74, 6) is -1.94. The van der Waals surface area contributed by atoms with Crippen LogP contribution in [0.3, 0.4) is 0 Å². The van der Waals surface area contributed by atoms with E-state index in [-0.39, 0.29) is 23.4 Å². The Morgan fingerprint density at radius 1 is 1.03 bits per heavy atom. The normalized spacial score (nSPS) is 14.1. The van der Waals surface area contributed by atoms with Crippen LogP contribution in [0.5, 0.6) is 5.88 Å². The molecule has 3 aromatic rings. The third-order valence-electron chi connectivity index (χ3n) is 5.33. The summed E-state index contributed by atoms with van der Waals surface area (Å²) in [6.07, 6.45) is 4.11. The summed E-state index contributed by atoms with van der Waals surface area (Å²) in [4.78, 5) is 27.8. The summed E-state index contributed by atoms with van der Waals surface area (Å²) in [7, 11) is 0. The molecule has 0 radical (unpaired) electrons. The van der Waals surface area contributed by atoms with Gasteiger partial charge >= 0.3 is 5.91 Å². The summed E-state index contributed by atoms with van der Waals surface area (Å²) >= 11 is 0. The zero-order chi connectivity index (χ0) is 23.2. The lowest BCUT2D eigenvalue weighted by Crippen LogP contribution is -2.40. The number of nitrogens with zero attached hydrogens (tertiary/aromatic N) is 4. The molecule has 0 bridgehead atoms. The van der Waals surface area contributed by atoms with Crippen LogP contribution in [0.25, 0.3) is 17.0 Å². The van der Waals surface area contributed by atoms with Gasteiger partial charge in [-0.1, -0.05) is 6.92 Å². The number of amides is 2. The van der Waals surface area contributed by atoms with Gasteiger partial charge in [-0.3, -0.25) is 14.5 Å². The van der Waals surface area contributed by atoms with Crippen molar-refractivity contribution >= 4 is 23.1 Å². The molecule has 0 spiro atoms. The maximum absolute atomic E-state index is 13.4. The maximum atomic E-state index is 13.4. The number of carbonyl (C=O) groups is 2. The third-order valence-corrected chi connectivity index (χ3v) is 5.33.